The molecule has 0 aromatic rings. The first-order chi connectivity index (χ1) is 3.77. The van der Waals surface area contributed by atoms with Crippen molar-refractivity contribution in [3.05, 3.63) is 0 Å². The van der Waals surface area contributed by atoms with Crippen LogP contribution in [0.25, 0.3) is 0 Å². The molecule has 0 atom stereocenters. The van der Waals surface area contributed by atoms with Crippen molar-refractivity contribution in [1.29, 1.82) is 0 Å². The Labute approximate surface area is 52.4 Å². The number of rotatable bonds is 2. The molecule has 0 fully saturated rings. The van der Waals surface area contributed by atoms with Crippen LogP contribution in [-0.4, -0.2) is 23.0 Å². The van der Waals surface area contributed by atoms with Gasteiger partial charge in [-0.25, -0.2) is 0 Å². The van der Waals surface area contributed by atoms with Crippen LogP contribution in [0.5, 0.6) is 0 Å². The van der Waals surface area contributed by atoms with Crippen molar-refractivity contribution in [1.82, 2.24) is 5.43 Å². The van der Waals surface area contributed by atoms with E-state index in [9.17, 15) is 0 Å². The van der Waals surface area contributed by atoms with Crippen LogP contribution >= 0.6 is 12.2 Å². The van der Waals surface area contributed by atoms with Crippen LogP contribution in [0.1, 0.15) is 0 Å². The van der Waals surface area contributed by atoms with Crippen LogP contribution in [0.3, 0.4) is 0 Å². The third kappa shape index (κ3) is 5.32. The average Bonchev–Trinajstić information content (AvgIpc) is 1.66. The lowest BCUT2D eigenvalue weighted by molar-refractivity contribution is 0.361. The number of hydrogen-bond donors (Lipinski definition) is 3. The van der Waals surface area contributed by atoms with Crippen molar-refractivity contribution < 1.29 is 5.11 Å². The lowest BCUT2D eigenvalue weighted by atomic mass is 10.8. The highest BCUT2D eigenvalue weighted by Gasteiger charge is 1.74. The molecule has 0 unspecified atom stereocenters. The highest BCUT2D eigenvalue weighted by molar-refractivity contribution is 7.80. The molecule has 0 aromatic carbocycles. The van der Waals surface area contributed by atoms with Gasteiger partial charge in [-0.1, -0.05) is 0 Å². The third-order valence-corrected chi connectivity index (χ3v) is 0.439. The van der Waals surface area contributed by atoms with E-state index in [1.165, 1.54) is 6.21 Å². The smallest absolute Gasteiger partial charge is 0.184 e. The largest absolute Gasteiger partial charge is 0.391 e. The van der Waals surface area contributed by atoms with Crippen LogP contribution in [0.4, 0.5) is 0 Å². The first kappa shape index (κ1) is 7.32. The monoisotopic (exact) mass is 133 g/mol. The predicted molar refractivity (Wildman–Crippen MR) is 35.5 cm³/mol. The Hall–Kier alpha value is -0.680. The highest BCUT2D eigenvalue weighted by atomic mass is 32.1. The quantitative estimate of drug-likeness (QED) is 0.251. The van der Waals surface area contributed by atoms with Gasteiger partial charge < -0.3 is 10.8 Å². The van der Waals surface area contributed by atoms with Gasteiger partial charge in [-0.3, -0.25) is 5.43 Å². The summed E-state index contributed by atoms with van der Waals surface area (Å²) in [5.74, 6) is 0. The van der Waals surface area contributed by atoms with Crippen molar-refractivity contribution >= 4 is 23.5 Å². The van der Waals surface area contributed by atoms with Gasteiger partial charge in [0.05, 0.1) is 12.8 Å². The molecule has 0 rings (SSSR count). The molecule has 4 N–H and O–H groups in total. The van der Waals surface area contributed by atoms with E-state index >= 15 is 0 Å². The molecule has 5 heteroatoms. The topological polar surface area (TPSA) is 70.6 Å². The van der Waals surface area contributed by atoms with Crippen LogP contribution in [-0.2, 0) is 0 Å². The van der Waals surface area contributed by atoms with Crippen LogP contribution in [0, 0.1) is 0 Å². The van der Waals surface area contributed by atoms with Gasteiger partial charge in [0, 0.05) is 0 Å². The number of thiocarbonyl (C=S) groups is 1. The molecule has 0 amide bonds. The first-order valence-corrected chi connectivity index (χ1v) is 2.36. The molecule has 0 heterocycles. The molecule has 0 spiro atoms. The molecule has 4 nitrogen and oxygen atoms in total. The molecule has 46 valence electrons. The average molecular weight is 133 g/mol. The number of nitrogens with zero attached hydrogens (tertiary/aromatic N) is 1. The summed E-state index contributed by atoms with van der Waals surface area (Å²) in [5, 5.41) is 11.6. The third-order valence-electron chi connectivity index (χ3n) is 0.348. The molecular weight excluding hydrogens is 126 g/mol. The fraction of sp³-hybridized carbons (Fsp3) is 0.333. The Morgan fingerprint density at radius 3 is 3.00 bits per heavy atom. The van der Waals surface area contributed by atoms with Gasteiger partial charge in [0.25, 0.3) is 0 Å². The normalized spacial score (nSPS) is 9.62. The van der Waals surface area contributed by atoms with Gasteiger partial charge in [-0.05, 0) is 12.2 Å². The summed E-state index contributed by atoms with van der Waals surface area (Å²) in [6, 6.07) is 0. The number of aliphatic hydroxyl groups is 1. The van der Waals surface area contributed by atoms with Gasteiger partial charge in [-0.15, -0.1) is 0 Å². The molecule has 0 saturated carbocycles. The van der Waals surface area contributed by atoms with Crippen molar-refractivity contribution in [2.45, 2.75) is 0 Å². The van der Waals surface area contributed by atoms with Crippen LogP contribution in [0.2, 0.25) is 0 Å². The number of nitrogens with two attached hydrogens (primary N) is 1. The molecule has 0 aliphatic carbocycles. The molecule has 0 saturated heterocycles. The maximum atomic E-state index is 8.11. The Morgan fingerprint density at radius 1 is 2.00 bits per heavy atom. The van der Waals surface area contributed by atoms with Crippen molar-refractivity contribution in [2.75, 3.05) is 6.61 Å². The van der Waals surface area contributed by atoms with Crippen molar-refractivity contribution in [3.63, 3.8) is 0 Å². The molecule has 0 aliphatic rings. The summed E-state index contributed by atoms with van der Waals surface area (Å²) in [4.78, 5) is 0. The standard InChI is InChI=1S/C3H7N3OS/c4-3(8)6-5-1-2-7/h1,7H,2H2,(H3,4,6,8). The second-order valence-electron chi connectivity index (χ2n) is 0.970. The molecule has 0 bridgehead atoms. The fourth-order valence-electron chi connectivity index (χ4n) is 0.150. The zero-order chi connectivity index (χ0) is 6.41. The maximum absolute atomic E-state index is 8.11. The van der Waals surface area contributed by atoms with Gasteiger partial charge in [0.2, 0.25) is 0 Å². The lowest BCUT2D eigenvalue weighted by Crippen LogP contribution is -2.24. The zero-order valence-electron chi connectivity index (χ0n) is 4.16. The van der Waals surface area contributed by atoms with Crippen molar-refractivity contribution in [3.8, 4) is 0 Å². The van der Waals surface area contributed by atoms with Gasteiger partial charge in [0.1, 0.15) is 0 Å². The lowest BCUT2D eigenvalue weighted by Gasteiger charge is -1.90. The molecular formula is C3H7N3OS. The molecule has 0 aromatic heterocycles. The molecule has 0 radical (unpaired) electrons. The van der Waals surface area contributed by atoms with Gasteiger partial charge >= 0.3 is 0 Å². The zero-order valence-corrected chi connectivity index (χ0v) is 4.98. The highest BCUT2D eigenvalue weighted by Crippen LogP contribution is 1.56. The van der Waals surface area contributed by atoms with E-state index in [1.54, 1.807) is 0 Å². The molecule has 0 aliphatic heterocycles. The van der Waals surface area contributed by atoms with E-state index in [-0.39, 0.29) is 11.7 Å². The minimum atomic E-state index is -0.115. The van der Waals surface area contributed by atoms with E-state index in [2.05, 4.69) is 22.7 Å². The minimum Gasteiger partial charge on any atom is -0.391 e. The van der Waals surface area contributed by atoms with Crippen LogP contribution < -0.4 is 11.2 Å². The van der Waals surface area contributed by atoms with E-state index < -0.39 is 0 Å². The van der Waals surface area contributed by atoms with E-state index in [0.29, 0.717) is 0 Å². The number of hydrazone groups is 1. The van der Waals surface area contributed by atoms with Gasteiger partial charge in [0.15, 0.2) is 5.11 Å². The summed E-state index contributed by atoms with van der Waals surface area (Å²) in [5.41, 5.74) is 7.22. The summed E-state index contributed by atoms with van der Waals surface area (Å²) in [6.45, 7) is -0.115. The van der Waals surface area contributed by atoms with E-state index in [1.807, 2.05) is 0 Å². The number of nitrogens with one attached hydrogen (secondary N) is 1. The van der Waals surface area contributed by atoms with E-state index in [4.69, 9.17) is 10.8 Å². The SMILES string of the molecule is NC(=S)NN=CCO. The summed E-state index contributed by atoms with van der Waals surface area (Å²) in [7, 11) is 0. The van der Waals surface area contributed by atoms with Gasteiger partial charge in [-0.2, -0.15) is 5.10 Å². The number of aliphatic hydroxyl groups excluding tert-OH is 1. The Morgan fingerprint density at radius 2 is 2.62 bits per heavy atom. The summed E-state index contributed by atoms with van der Waals surface area (Å²) < 4.78 is 0. The van der Waals surface area contributed by atoms with E-state index in [0.717, 1.165) is 0 Å². The second kappa shape index (κ2) is 4.48. The van der Waals surface area contributed by atoms with Crippen molar-refractivity contribution in [2.24, 2.45) is 10.8 Å². The number of hydrogen-bond acceptors (Lipinski definition) is 3. The Kier molecular flexibility index (Phi) is 4.10. The first-order valence-electron chi connectivity index (χ1n) is 1.95. The Balaban J connectivity index is 3.16. The maximum Gasteiger partial charge on any atom is 0.184 e. The Bertz CT molecular complexity index is 103. The molecule has 8 heavy (non-hydrogen) atoms. The summed E-state index contributed by atoms with van der Waals surface area (Å²) in [6.07, 6.45) is 1.25. The minimum absolute atomic E-state index is 0.0923. The second-order valence-corrected chi connectivity index (χ2v) is 1.41. The predicted octanol–water partition coefficient (Wildman–Crippen LogP) is -1.20. The summed E-state index contributed by atoms with van der Waals surface area (Å²) >= 11 is 4.38. The fourth-order valence-corrected chi connectivity index (χ4v) is 0.203. The van der Waals surface area contributed by atoms with Crippen LogP contribution in [0.15, 0.2) is 5.10 Å².